The number of ether oxygens (including phenoxy) is 1. The second-order valence-electron chi connectivity index (χ2n) is 7.42. The van der Waals surface area contributed by atoms with Gasteiger partial charge in [-0.3, -0.25) is 5.43 Å². The molecular formula is C19H24FN5O2S2. The van der Waals surface area contributed by atoms with Crippen molar-refractivity contribution in [2.24, 2.45) is 0 Å². The Balaban J connectivity index is 1.82. The van der Waals surface area contributed by atoms with E-state index in [0.717, 1.165) is 17.0 Å². The van der Waals surface area contributed by atoms with Crippen LogP contribution in [0.15, 0.2) is 34.8 Å². The standard InChI is InChI=1S/C19H24FN5O2S2/c1-19(2,3)27-18(26)21-14(9-10-28-4)16-22-23-17-25(16)24-15(11-29-17)12-5-7-13(20)8-6-12/h5-8,11,14,24H,9-10H2,1-4H3,(H,21,26)/t14-/m0/s1. The minimum atomic E-state index is -0.592. The first-order chi connectivity index (χ1) is 13.8. The number of nitrogens with zero attached hydrogens (tertiary/aromatic N) is 3. The summed E-state index contributed by atoms with van der Waals surface area (Å²) < 4.78 is 20.4. The molecule has 0 saturated carbocycles. The molecule has 10 heteroatoms. The number of carbonyl (C=O) groups excluding carboxylic acids is 1. The predicted molar refractivity (Wildman–Crippen MR) is 115 cm³/mol. The fourth-order valence-corrected chi connectivity index (χ4v) is 3.88. The Morgan fingerprint density at radius 3 is 2.72 bits per heavy atom. The number of hydrogen-bond donors (Lipinski definition) is 2. The summed E-state index contributed by atoms with van der Waals surface area (Å²) in [6, 6.07) is 5.86. The van der Waals surface area contributed by atoms with E-state index in [1.165, 1.54) is 23.9 Å². The molecule has 2 aromatic rings. The van der Waals surface area contributed by atoms with E-state index in [1.807, 2.05) is 32.4 Å². The lowest BCUT2D eigenvalue weighted by Gasteiger charge is -2.25. The van der Waals surface area contributed by atoms with Gasteiger partial charge in [0.1, 0.15) is 11.4 Å². The molecule has 0 aliphatic carbocycles. The normalized spacial score (nSPS) is 14.4. The average molecular weight is 438 g/mol. The van der Waals surface area contributed by atoms with E-state index in [-0.39, 0.29) is 11.9 Å². The van der Waals surface area contributed by atoms with Crippen molar-refractivity contribution < 1.29 is 13.9 Å². The Hall–Kier alpha value is -2.20. The smallest absolute Gasteiger partial charge is 0.408 e. The molecule has 1 aliphatic rings. The highest BCUT2D eigenvalue weighted by molar-refractivity contribution is 8.02. The molecule has 3 rings (SSSR count). The highest BCUT2D eigenvalue weighted by Gasteiger charge is 2.27. The lowest BCUT2D eigenvalue weighted by Crippen LogP contribution is -2.37. The van der Waals surface area contributed by atoms with E-state index in [9.17, 15) is 9.18 Å². The molecule has 1 amide bonds. The van der Waals surface area contributed by atoms with Crippen molar-refractivity contribution >= 4 is 35.3 Å². The minimum absolute atomic E-state index is 0.290. The van der Waals surface area contributed by atoms with Crippen molar-refractivity contribution in [1.82, 2.24) is 20.2 Å². The quantitative estimate of drug-likeness (QED) is 0.694. The van der Waals surface area contributed by atoms with Crippen LogP contribution in [0.1, 0.15) is 44.6 Å². The van der Waals surface area contributed by atoms with Gasteiger partial charge in [-0.2, -0.15) is 11.8 Å². The minimum Gasteiger partial charge on any atom is -0.444 e. The Labute approximate surface area is 177 Å². The van der Waals surface area contributed by atoms with E-state index in [4.69, 9.17) is 4.74 Å². The molecule has 1 aromatic carbocycles. The highest BCUT2D eigenvalue weighted by atomic mass is 32.2. The molecule has 0 bridgehead atoms. The molecule has 29 heavy (non-hydrogen) atoms. The van der Waals surface area contributed by atoms with Crippen LogP contribution in [0.5, 0.6) is 0 Å². The molecule has 0 saturated heterocycles. The van der Waals surface area contributed by atoms with E-state index in [2.05, 4.69) is 20.9 Å². The van der Waals surface area contributed by atoms with Crippen LogP contribution < -0.4 is 10.7 Å². The third-order valence-electron chi connectivity index (χ3n) is 3.94. The van der Waals surface area contributed by atoms with Crippen LogP contribution in [0.25, 0.3) is 5.70 Å². The zero-order chi connectivity index (χ0) is 21.0. The molecular weight excluding hydrogens is 413 g/mol. The second kappa shape index (κ2) is 9.08. The summed E-state index contributed by atoms with van der Waals surface area (Å²) in [4.78, 5) is 12.3. The lowest BCUT2D eigenvalue weighted by atomic mass is 10.2. The number of amides is 1. The number of rotatable bonds is 6. The lowest BCUT2D eigenvalue weighted by molar-refractivity contribution is 0.0499. The molecule has 1 aliphatic heterocycles. The first-order valence-corrected chi connectivity index (χ1v) is 11.4. The van der Waals surface area contributed by atoms with Crippen LogP contribution in [0, 0.1) is 5.82 Å². The predicted octanol–water partition coefficient (Wildman–Crippen LogP) is 4.38. The molecule has 0 unspecified atom stereocenters. The number of alkyl carbamates (subject to hydrolysis) is 1. The molecule has 0 fully saturated rings. The van der Waals surface area contributed by atoms with Crippen LogP contribution >= 0.6 is 23.5 Å². The molecule has 2 N–H and O–H groups in total. The second-order valence-corrected chi connectivity index (χ2v) is 9.25. The van der Waals surface area contributed by atoms with Gasteiger partial charge in [0.25, 0.3) is 0 Å². The van der Waals surface area contributed by atoms with Gasteiger partial charge in [-0.1, -0.05) is 11.8 Å². The van der Waals surface area contributed by atoms with Gasteiger partial charge in [-0.05, 0) is 63.5 Å². The third-order valence-corrected chi connectivity index (χ3v) is 5.41. The zero-order valence-corrected chi connectivity index (χ0v) is 18.4. The van der Waals surface area contributed by atoms with E-state index < -0.39 is 11.7 Å². The van der Waals surface area contributed by atoms with Crippen molar-refractivity contribution in [2.45, 2.75) is 44.0 Å². The Morgan fingerprint density at radius 2 is 2.07 bits per heavy atom. The SMILES string of the molecule is CSCC[C@H](NC(=O)OC(C)(C)C)c1nnc2n1NC(c1ccc(F)cc1)=CS2. The number of benzene rings is 1. The van der Waals surface area contributed by atoms with Gasteiger partial charge in [0.15, 0.2) is 5.82 Å². The number of aromatic nitrogens is 3. The van der Waals surface area contributed by atoms with E-state index >= 15 is 0 Å². The summed E-state index contributed by atoms with van der Waals surface area (Å²) in [7, 11) is 0. The molecule has 1 atom stereocenters. The summed E-state index contributed by atoms with van der Waals surface area (Å²) in [5.74, 6) is 1.12. The zero-order valence-electron chi connectivity index (χ0n) is 16.7. The van der Waals surface area contributed by atoms with Gasteiger partial charge in [-0.15, -0.1) is 10.2 Å². The first-order valence-electron chi connectivity index (χ1n) is 9.10. The summed E-state index contributed by atoms with van der Waals surface area (Å²) in [6.45, 7) is 5.46. The summed E-state index contributed by atoms with van der Waals surface area (Å²) in [6.07, 6.45) is 2.17. The van der Waals surface area contributed by atoms with Crippen molar-refractivity contribution in [3.63, 3.8) is 0 Å². The maximum absolute atomic E-state index is 13.2. The number of halogens is 1. The van der Waals surface area contributed by atoms with Gasteiger partial charge < -0.3 is 10.1 Å². The van der Waals surface area contributed by atoms with Gasteiger partial charge in [0.2, 0.25) is 5.16 Å². The van der Waals surface area contributed by atoms with Crippen molar-refractivity contribution in [3.05, 3.63) is 46.9 Å². The van der Waals surface area contributed by atoms with Crippen LogP contribution in [-0.2, 0) is 4.74 Å². The number of thioether (sulfide) groups is 2. The number of nitrogens with one attached hydrogen (secondary N) is 2. The van der Waals surface area contributed by atoms with Crippen LogP contribution in [0.2, 0.25) is 0 Å². The number of hydrogen-bond acceptors (Lipinski definition) is 7. The average Bonchev–Trinajstić information content (AvgIpc) is 3.07. The van der Waals surface area contributed by atoms with Crippen molar-refractivity contribution in [3.8, 4) is 0 Å². The molecule has 7 nitrogen and oxygen atoms in total. The van der Waals surface area contributed by atoms with E-state index in [1.54, 1.807) is 28.6 Å². The van der Waals surface area contributed by atoms with Gasteiger partial charge in [0.05, 0.1) is 11.7 Å². The van der Waals surface area contributed by atoms with Crippen LogP contribution in [0.4, 0.5) is 9.18 Å². The fourth-order valence-electron chi connectivity index (χ4n) is 2.66. The fraction of sp³-hybridized carbons (Fsp3) is 0.421. The Kier molecular flexibility index (Phi) is 6.74. The number of fused-ring (bicyclic) bond motifs is 1. The number of carbonyl (C=O) groups is 1. The molecule has 1 aromatic heterocycles. The Morgan fingerprint density at radius 1 is 1.34 bits per heavy atom. The maximum atomic E-state index is 13.2. The summed E-state index contributed by atoms with van der Waals surface area (Å²) >= 11 is 3.09. The van der Waals surface area contributed by atoms with Gasteiger partial charge in [0, 0.05) is 11.0 Å². The maximum Gasteiger partial charge on any atom is 0.408 e. The first kappa shape index (κ1) is 21.5. The Bertz CT molecular complexity index is 893. The summed E-state index contributed by atoms with van der Waals surface area (Å²) in [5.41, 5.74) is 4.31. The monoisotopic (exact) mass is 437 g/mol. The highest BCUT2D eigenvalue weighted by Crippen LogP contribution is 2.31. The molecule has 156 valence electrons. The largest absolute Gasteiger partial charge is 0.444 e. The molecule has 0 radical (unpaired) electrons. The topological polar surface area (TPSA) is 81.1 Å². The van der Waals surface area contributed by atoms with Crippen LogP contribution in [-0.4, -0.2) is 38.6 Å². The van der Waals surface area contributed by atoms with E-state index in [0.29, 0.717) is 17.4 Å². The van der Waals surface area contributed by atoms with Crippen LogP contribution in [0.3, 0.4) is 0 Å². The third kappa shape index (κ3) is 5.66. The van der Waals surface area contributed by atoms with Gasteiger partial charge in [-0.25, -0.2) is 13.9 Å². The molecule has 2 heterocycles. The van der Waals surface area contributed by atoms with Gasteiger partial charge >= 0.3 is 6.09 Å². The molecule has 0 spiro atoms. The van der Waals surface area contributed by atoms with Crippen molar-refractivity contribution in [2.75, 3.05) is 17.4 Å². The summed E-state index contributed by atoms with van der Waals surface area (Å²) in [5, 5.41) is 14.0. The van der Waals surface area contributed by atoms with Crippen molar-refractivity contribution in [1.29, 1.82) is 0 Å².